The Morgan fingerprint density at radius 1 is 1.24 bits per heavy atom. The summed E-state index contributed by atoms with van der Waals surface area (Å²) in [6.07, 6.45) is 5.27. The monoisotopic (exact) mass is 231 g/mol. The molecular formula is C12H17N5. The summed E-state index contributed by atoms with van der Waals surface area (Å²) in [6.45, 7) is 8.11. The zero-order valence-corrected chi connectivity index (χ0v) is 10.6. The molecule has 0 atom stereocenters. The molecule has 5 heteroatoms. The molecule has 0 unspecified atom stereocenters. The molecule has 90 valence electrons. The van der Waals surface area contributed by atoms with Crippen LogP contribution in [0, 0.1) is 6.92 Å². The summed E-state index contributed by atoms with van der Waals surface area (Å²) >= 11 is 0. The molecule has 2 heterocycles. The van der Waals surface area contributed by atoms with Gasteiger partial charge in [-0.25, -0.2) is 15.0 Å². The van der Waals surface area contributed by atoms with E-state index in [9.17, 15) is 0 Å². The van der Waals surface area contributed by atoms with Gasteiger partial charge in [0.2, 0.25) is 0 Å². The molecule has 0 saturated heterocycles. The Bertz CT molecular complexity index is 523. The van der Waals surface area contributed by atoms with Gasteiger partial charge in [-0.3, -0.25) is 4.57 Å². The Labute approximate surface area is 101 Å². The first-order valence-electron chi connectivity index (χ1n) is 5.52. The van der Waals surface area contributed by atoms with Gasteiger partial charge in [0.1, 0.15) is 23.8 Å². The van der Waals surface area contributed by atoms with Crippen LogP contribution in [0.5, 0.6) is 0 Å². The van der Waals surface area contributed by atoms with E-state index < -0.39 is 0 Å². The van der Waals surface area contributed by atoms with Crippen LogP contribution in [-0.2, 0) is 5.41 Å². The van der Waals surface area contributed by atoms with Crippen molar-refractivity contribution in [3.05, 3.63) is 30.1 Å². The van der Waals surface area contributed by atoms with Crippen LogP contribution in [0.4, 0.5) is 5.82 Å². The zero-order chi connectivity index (χ0) is 12.6. The summed E-state index contributed by atoms with van der Waals surface area (Å²) in [7, 11) is 0. The second-order valence-corrected chi connectivity index (χ2v) is 5.10. The molecule has 2 aromatic rings. The number of nitrogens with two attached hydrogens (primary N) is 1. The van der Waals surface area contributed by atoms with E-state index in [4.69, 9.17) is 5.73 Å². The van der Waals surface area contributed by atoms with Crippen LogP contribution in [0.25, 0.3) is 5.82 Å². The van der Waals surface area contributed by atoms with Crippen LogP contribution in [0.3, 0.4) is 0 Å². The number of nitrogen functional groups attached to an aromatic ring is 1. The van der Waals surface area contributed by atoms with Gasteiger partial charge in [-0.05, 0) is 6.92 Å². The smallest absolute Gasteiger partial charge is 0.146 e. The molecule has 2 rings (SSSR count). The van der Waals surface area contributed by atoms with Crippen molar-refractivity contribution in [1.82, 2.24) is 19.5 Å². The molecule has 0 amide bonds. The number of rotatable bonds is 1. The fourth-order valence-electron chi connectivity index (χ4n) is 1.49. The molecule has 0 fully saturated rings. The van der Waals surface area contributed by atoms with E-state index in [1.165, 1.54) is 0 Å². The quantitative estimate of drug-likeness (QED) is 0.813. The minimum atomic E-state index is -0.128. The lowest BCUT2D eigenvalue weighted by Gasteiger charge is -2.19. The highest BCUT2D eigenvalue weighted by Crippen LogP contribution is 2.23. The van der Waals surface area contributed by atoms with E-state index in [0.29, 0.717) is 5.82 Å². The van der Waals surface area contributed by atoms with Gasteiger partial charge >= 0.3 is 0 Å². The first kappa shape index (κ1) is 11.6. The Morgan fingerprint density at radius 2 is 1.94 bits per heavy atom. The van der Waals surface area contributed by atoms with Crippen molar-refractivity contribution in [2.75, 3.05) is 5.73 Å². The van der Waals surface area contributed by atoms with Gasteiger partial charge in [0.15, 0.2) is 0 Å². The van der Waals surface area contributed by atoms with E-state index >= 15 is 0 Å². The van der Waals surface area contributed by atoms with Crippen molar-refractivity contribution in [1.29, 1.82) is 0 Å². The molecule has 17 heavy (non-hydrogen) atoms. The Morgan fingerprint density at radius 3 is 2.47 bits per heavy atom. The molecule has 0 aliphatic heterocycles. The molecule has 0 radical (unpaired) electrons. The van der Waals surface area contributed by atoms with E-state index in [-0.39, 0.29) is 5.41 Å². The van der Waals surface area contributed by atoms with Crippen molar-refractivity contribution in [2.24, 2.45) is 0 Å². The fraction of sp³-hybridized carbons (Fsp3) is 0.417. The predicted molar refractivity (Wildman–Crippen MR) is 67.0 cm³/mol. The van der Waals surface area contributed by atoms with Crippen molar-refractivity contribution < 1.29 is 0 Å². The lowest BCUT2D eigenvalue weighted by molar-refractivity contribution is 0.543. The summed E-state index contributed by atoms with van der Waals surface area (Å²) in [5.41, 5.74) is 6.68. The van der Waals surface area contributed by atoms with Crippen LogP contribution in [-0.4, -0.2) is 19.5 Å². The number of anilines is 1. The molecule has 0 spiro atoms. The topological polar surface area (TPSA) is 69.6 Å². The molecule has 5 nitrogen and oxygen atoms in total. The standard InChI is InChI=1S/C12H17N5/c1-8-9(13)15-11(12(2,3)4)16-10(8)17-6-5-14-7-17/h5-7H,1-4H3,(H2,13,15,16). The fourth-order valence-corrected chi connectivity index (χ4v) is 1.49. The minimum absolute atomic E-state index is 0.128. The summed E-state index contributed by atoms with van der Waals surface area (Å²) in [5.74, 6) is 2.05. The highest BCUT2D eigenvalue weighted by atomic mass is 15.1. The molecule has 0 aliphatic carbocycles. The van der Waals surface area contributed by atoms with E-state index in [1.54, 1.807) is 12.5 Å². The van der Waals surface area contributed by atoms with Crippen LogP contribution < -0.4 is 5.73 Å². The maximum atomic E-state index is 5.94. The molecule has 2 aromatic heterocycles. The van der Waals surface area contributed by atoms with Crippen LogP contribution in [0.15, 0.2) is 18.7 Å². The van der Waals surface area contributed by atoms with Gasteiger partial charge in [-0.1, -0.05) is 20.8 Å². The SMILES string of the molecule is Cc1c(N)nc(C(C)(C)C)nc1-n1ccnc1. The van der Waals surface area contributed by atoms with Crippen molar-refractivity contribution in [3.63, 3.8) is 0 Å². The van der Waals surface area contributed by atoms with Gasteiger partial charge in [0, 0.05) is 23.4 Å². The van der Waals surface area contributed by atoms with Gasteiger partial charge in [-0.15, -0.1) is 0 Å². The second-order valence-electron chi connectivity index (χ2n) is 5.10. The zero-order valence-electron chi connectivity index (χ0n) is 10.6. The molecule has 0 aliphatic rings. The average molecular weight is 231 g/mol. The van der Waals surface area contributed by atoms with Gasteiger partial charge in [0.25, 0.3) is 0 Å². The van der Waals surface area contributed by atoms with Crippen LogP contribution in [0.2, 0.25) is 0 Å². The van der Waals surface area contributed by atoms with Crippen LogP contribution in [0.1, 0.15) is 32.2 Å². The first-order chi connectivity index (χ1) is 7.89. The Kier molecular flexibility index (Phi) is 2.61. The minimum Gasteiger partial charge on any atom is -0.383 e. The first-order valence-corrected chi connectivity index (χ1v) is 5.52. The third kappa shape index (κ3) is 2.13. The van der Waals surface area contributed by atoms with Gasteiger partial charge in [0.05, 0.1) is 0 Å². The highest BCUT2D eigenvalue weighted by Gasteiger charge is 2.20. The highest BCUT2D eigenvalue weighted by molar-refractivity contribution is 5.48. The molecule has 0 bridgehead atoms. The summed E-state index contributed by atoms with van der Waals surface area (Å²) in [6, 6.07) is 0. The number of aromatic nitrogens is 4. The summed E-state index contributed by atoms with van der Waals surface area (Å²) in [4.78, 5) is 12.9. The maximum Gasteiger partial charge on any atom is 0.146 e. The van der Waals surface area contributed by atoms with Crippen molar-refractivity contribution >= 4 is 5.82 Å². The van der Waals surface area contributed by atoms with Crippen molar-refractivity contribution in [3.8, 4) is 5.82 Å². The lowest BCUT2D eigenvalue weighted by atomic mass is 9.95. The van der Waals surface area contributed by atoms with E-state index in [0.717, 1.165) is 17.2 Å². The summed E-state index contributed by atoms with van der Waals surface area (Å²) in [5, 5.41) is 0. The van der Waals surface area contributed by atoms with Crippen molar-refractivity contribution in [2.45, 2.75) is 33.1 Å². The Balaban J connectivity index is 2.64. The number of hydrogen-bond acceptors (Lipinski definition) is 4. The van der Waals surface area contributed by atoms with Crippen LogP contribution >= 0.6 is 0 Å². The van der Waals surface area contributed by atoms with Gasteiger partial charge in [-0.2, -0.15) is 0 Å². The second kappa shape index (κ2) is 3.84. The Hall–Kier alpha value is -1.91. The molecule has 2 N–H and O–H groups in total. The average Bonchev–Trinajstić information content (AvgIpc) is 2.73. The third-order valence-electron chi connectivity index (χ3n) is 2.58. The maximum absolute atomic E-state index is 5.94. The van der Waals surface area contributed by atoms with E-state index in [2.05, 4.69) is 35.7 Å². The predicted octanol–water partition coefficient (Wildman–Crippen LogP) is 1.85. The molecular weight excluding hydrogens is 214 g/mol. The number of imidazole rings is 1. The third-order valence-corrected chi connectivity index (χ3v) is 2.58. The van der Waals surface area contributed by atoms with Gasteiger partial charge < -0.3 is 5.73 Å². The summed E-state index contributed by atoms with van der Waals surface area (Å²) < 4.78 is 1.85. The van der Waals surface area contributed by atoms with E-state index in [1.807, 2.05) is 17.7 Å². The molecule has 0 saturated carbocycles. The normalized spacial score (nSPS) is 11.8. The number of hydrogen-bond donors (Lipinski definition) is 1. The lowest BCUT2D eigenvalue weighted by Crippen LogP contribution is -2.19. The number of nitrogens with zero attached hydrogens (tertiary/aromatic N) is 4. The molecule has 0 aromatic carbocycles. The largest absolute Gasteiger partial charge is 0.383 e.